The van der Waals surface area contributed by atoms with Gasteiger partial charge in [0.2, 0.25) is 0 Å². The number of rotatable bonds is 3. The van der Waals surface area contributed by atoms with E-state index in [0.29, 0.717) is 0 Å². The predicted molar refractivity (Wildman–Crippen MR) is 98.3 cm³/mol. The third kappa shape index (κ3) is 4.13. The Labute approximate surface area is 141 Å². The van der Waals surface area contributed by atoms with E-state index in [0.717, 1.165) is 27.3 Å². The molecule has 0 bridgehead atoms. The molecule has 0 nitrogen and oxygen atoms in total. The van der Waals surface area contributed by atoms with E-state index >= 15 is 0 Å². The maximum absolute atomic E-state index is 6.00. The molecule has 1 heteroatoms. The van der Waals surface area contributed by atoms with E-state index in [1.807, 2.05) is 78.9 Å². The average Bonchev–Trinajstić information content (AvgIpc) is 2.61. The Morgan fingerprint density at radius 2 is 1.26 bits per heavy atom. The quantitative estimate of drug-likeness (QED) is 0.502. The lowest BCUT2D eigenvalue weighted by molar-refractivity contribution is 1.55. The van der Waals surface area contributed by atoms with Gasteiger partial charge in [0, 0.05) is 10.6 Å². The lowest BCUT2D eigenvalue weighted by Gasteiger charge is -2.05. The molecule has 0 spiro atoms. The molecule has 3 aromatic rings. The van der Waals surface area contributed by atoms with Crippen molar-refractivity contribution in [1.29, 1.82) is 0 Å². The van der Waals surface area contributed by atoms with Gasteiger partial charge in [-0.25, -0.2) is 0 Å². The third-order valence-electron chi connectivity index (χ3n) is 3.43. The van der Waals surface area contributed by atoms with E-state index in [9.17, 15) is 0 Å². The van der Waals surface area contributed by atoms with Crippen molar-refractivity contribution in [3.63, 3.8) is 0 Å². The van der Waals surface area contributed by atoms with Gasteiger partial charge in [-0.1, -0.05) is 95.9 Å². The molecule has 0 amide bonds. The molecule has 0 aliphatic carbocycles. The molecular formula is C22H15Cl. The van der Waals surface area contributed by atoms with E-state index in [1.54, 1.807) is 0 Å². The molecule has 0 N–H and O–H groups in total. The Balaban J connectivity index is 2.10. The Morgan fingerprint density at radius 3 is 1.91 bits per heavy atom. The van der Waals surface area contributed by atoms with Crippen LogP contribution in [0, 0.1) is 0 Å². The van der Waals surface area contributed by atoms with E-state index < -0.39 is 0 Å². The highest BCUT2D eigenvalue weighted by molar-refractivity contribution is 6.30. The van der Waals surface area contributed by atoms with E-state index in [-0.39, 0.29) is 0 Å². The first-order chi connectivity index (χ1) is 11.3. The van der Waals surface area contributed by atoms with Gasteiger partial charge in [-0.05, 0) is 34.9 Å². The van der Waals surface area contributed by atoms with Gasteiger partial charge in [0.1, 0.15) is 0 Å². The monoisotopic (exact) mass is 314 g/mol. The highest BCUT2D eigenvalue weighted by Crippen LogP contribution is 2.23. The van der Waals surface area contributed by atoms with Crippen LogP contribution in [0.4, 0.5) is 0 Å². The lowest BCUT2D eigenvalue weighted by atomic mass is 9.99. The van der Waals surface area contributed by atoms with Crippen molar-refractivity contribution in [2.24, 2.45) is 0 Å². The van der Waals surface area contributed by atoms with Gasteiger partial charge in [-0.3, -0.25) is 0 Å². The summed E-state index contributed by atoms with van der Waals surface area (Å²) in [5.74, 6) is 0. The molecule has 23 heavy (non-hydrogen) atoms. The lowest BCUT2D eigenvalue weighted by Crippen LogP contribution is -1.85. The largest absolute Gasteiger partial charge is 0.0843 e. The first-order valence-electron chi connectivity index (χ1n) is 7.41. The summed E-state index contributed by atoms with van der Waals surface area (Å²) in [5, 5.41) is 0.727. The molecule has 0 saturated heterocycles. The van der Waals surface area contributed by atoms with Gasteiger partial charge in [0.15, 0.2) is 0 Å². The first kappa shape index (κ1) is 15.2. The van der Waals surface area contributed by atoms with Crippen molar-refractivity contribution in [2.45, 2.75) is 0 Å². The topological polar surface area (TPSA) is 0 Å². The van der Waals surface area contributed by atoms with Gasteiger partial charge in [-0.2, -0.15) is 0 Å². The maximum Gasteiger partial charge on any atom is 0.0406 e. The fourth-order valence-electron chi connectivity index (χ4n) is 2.27. The Kier molecular flexibility index (Phi) is 4.94. The predicted octanol–water partition coefficient (Wildman–Crippen LogP) is 6.24. The van der Waals surface area contributed by atoms with Crippen molar-refractivity contribution < 1.29 is 0 Å². The number of hydrogen-bond donors (Lipinski definition) is 0. The summed E-state index contributed by atoms with van der Waals surface area (Å²) in [7, 11) is 0. The molecule has 0 radical (unpaired) electrons. The summed E-state index contributed by atoms with van der Waals surface area (Å²) in [6.45, 7) is 0. The maximum atomic E-state index is 6.00. The molecule has 0 unspecified atom stereocenters. The van der Waals surface area contributed by atoms with Crippen LogP contribution in [-0.2, 0) is 0 Å². The molecule has 110 valence electrons. The summed E-state index contributed by atoms with van der Waals surface area (Å²) in [4.78, 5) is 0. The third-order valence-corrected chi connectivity index (χ3v) is 3.68. The van der Waals surface area contributed by atoms with E-state index in [1.165, 1.54) is 0 Å². The SMILES string of the molecule is Clc1ccc(C(=C=C=Cc2ccccc2)c2ccccc2)cc1. The minimum Gasteiger partial charge on any atom is -0.0843 e. The van der Waals surface area contributed by atoms with Crippen LogP contribution >= 0.6 is 11.6 Å². The van der Waals surface area contributed by atoms with E-state index in [4.69, 9.17) is 11.6 Å². The molecule has 0 aliphatic heterocycles. The summed E-state index contributed by atoms with van der Waals surface area (Å²) >= 11 is 6.00. The fraction of sp³-hybridized carbons (Fsp3) is 0. The zero-order valence-corrected chi connectivity index (χ0v) is 13.3. The van der Waals surface area contributed by atoms with Gasteiger partial charge >= 0.3 is 0 Å². The highest BCUT2D eigenvalue weighted by atomic mass is 35.5. The van der Waals surface area contributed by atoms with E-state index in [2.05, 4.69) is 23.6 Å². The fourth-order valence-corrected chi connectivity index (χ4v) is 2.40. The molecule has 3 rings (SSSR count). The Hall–Kier alpha value is -2.75. The van der Waals surface area contributed by atoms with Crippen LogP contribution in [0.1, 0.15) is 16.7 Å². The molecule has 0 aromatic heterocycles. The minimum atomic E-state index is 0.727. The van der Waals surface area contributed by atoms with Gasteiger partial charge in [0.05, 0.1) is 0 Å². The van der Waals surface area contributed by atoms with Crippen molar-refractivity contribution in [2.75, 3.05) is 0 Å². The van der Waals surface area contributed by atoms with Crippen LogP contribution in [0.3, 0.4) is 0 Å². The van der Waals surface area contributed by atoms with Gasteiger partial charge < -0.3 is 0 Å². The molecule has 0 fully saturated rings. The molecule has 0 saturated carbocycles. The number of benzene rings is 3. The minimum absolute atomic E-state index is 0.727. The Morgan fingerprint density at radius 1 is 0.696 bits per heavy atom. The first-order valence-corrected chi connectivity index (χ1v) is 7.79. The Bertz CT molecular complexity index is 862. The molecule has 0 atom stereocenters. The summed E-state index contributed by atoms with van der Waals surface area (Å²) < 4.78 is 0. The highest BCUT2D eigenvalue weighted by Gasteiger charge is 2.03. The number of halogens is 1. The van der Waals surface area contributed by atoms with Gasteiger partial charge in [0.25, 0.3) is 0 Å². The number of hydrogen-bond acceptors (Lipinski definition) is 0. The van der Waals surface area contributed by atoms with Crippen LogP contribution in [0.25, 0.3) is 11.6 Å². The zero-order chi connectivity index (χ0) is 15.9. The zero-order valence-electron chi connectivity index (χ0n) is 12.5. The van der Waals surface area contributed by atoms with Crippen LogP contribution in [0.15, 0.2) is 96.4 Å². The normalized spacial score (nSPS) is 9.61. The average molecular weight is 315 g/mol. The second kappa shape index (κ2) is 7.49. The molecule has 0 aliphatic rings. The molecular weight excluding hydrogens is 300 g/mol. The summed E-state index contributed by atoms with van der Waals surface area (Å²) in [6, 6.07) is 28.1. The smallest absolute Gasteiger partial charge is 0.0406 e. The van der Waals surface area contributed by atoms with Crippen LogP contribution in [0.5, 0.6) is 0 Å². The van der Waals surface area contributed by atoms with Crippen molar-refractivity contribution in [3.05, 3.63) is 118 Å². The van der Waals surface area contributed by atoms with Gasteiger partial charge in [-0.15, -0.1) is 0 Å². The van der Waals surface area contributed by atoms with Crippen molar-refractivity contribution in [3.8, 4) is 0 Å². The summed E-state index contributed by atoms with van der Waals surface area (Å²) in [6.07, 6.45) is 1.93. The molecule has 3 aromatic carbocycles. The van der Waals surface area contributed by atoms with Crippen LogP contribution in [0.2, 0.25) is 5.02 Å². The standard InChI is InChI=1S/C22H15Cl/c23-21-16-14-20(15-17-21)22(19-11-5-2-6-12-19)13-7-10-18-8-3-1-4-9-18/h1-6,8-12,14-17H. The van der Waals surface area contributed by atoms with Crippen LogP contribution in [-0.4, -0.2) is 0 Å². The second-order valence-electron chi connectivity index (χ2n) is 5.07. The van der Waals surface area contributed by atoms with Crippen molar-refractivity contribution in [1.82, 2.24) is 0 Å². The second-order valence-corrected chi connectivity index (χ2v) is 5.51. The summed E-state index contributed by atoms with van der Waals surface area (Å²) in [5.41, 5.74) is 10.7. The molecule has 0 heterocycles. The van der Waals surface area contributed by atoms with Crippen molar-refractivity contribution >= 4 is 23.3 Å². The van der Waals surface area contributed by atoms with Crippen LogP contribution < -0.4 is 0 Å².